The Morgan fingerprint density at radius 3 is 1.31 bits per heavy atom. The van der Waals surface area contributed by atoms with Crippen molar-refractivity contribution in [1.82, 2.24) is 31.5 Å². The van der Waals surface area contributed by atoms with Crippen molar-refractivity contribution in [3.8, 4) is 0 Å². The molecule has 0 unspecified atom stereocenters. The number of carboxylic acid groups (broad SMARTS) is 3. The minimum Gasteiger partial charge on any atom is -0.480 e. The first-order valence-electron chi connectivity index (χ1n) is 26.8. The summed E-state index contributed by atoms with van der Waals surface area (Å²) in [5.41, 5.74) is 7.90. The van der Waals surface area contributed by atoms with Crippen molar-refractivity contribution in [3.63, 3.8) is 0 Å². The SMILES string of the molecule is CSCC[C@H](NC(=O)OCc1ccccc1)C(=O)N1C=CCC[C@H]1C(=O)O.CSCC[C@H](NC(=O)OCc1ccccc1)C(=O)N[C@@H](CCCC=O)C(=O)O.CSCC[C@H](NC(=O)OCc1ccccc1)C(=O)N[C@@H](CCCCN)C(=O)O.[H+]. The Balaban J connectivity index is 0.000000626. The van der Waals surface area contributed by atoms with Gasteiger partial charge in [-0.05, 0) is 123 Å². The fourth-order valence-corrected chi connectivity index (χ4v) is 8.93. The summed E-state index contributed by atoms with van der Waals surface area (Å²) in [7, 11) is 0. The maximum Gasteiger partial charge on any atom is 1.00 e. The summed E-state index contributed by atoms with van der Waals surface area (Å²) >= 11 is 4.57. The van der Waals surface area contributed by atoms with E-state index in [-0.39, 0.29) is 40.5 Å². The van der Waals surface area contributed by atoms with Gasteiger partial charge in [-0.3, -0.25) is 14.4 Å². The molecule has 0 radical (unpaired) electrons. The number of aldehydes is 1. The van der Waals surface area contributed by atoms with Gasteiger partial charge in [0.15, 0.2) is 0 Å². The second kappa shape index (κ2) is 43.4. The van der Waals surface area contributed by atoms with E-state index in [4.69, 9.17) is 19.9 Å². The molecule has 0 fully saturated rings. The standard InChI is InChI=1S/C19H29N3O5S.C19H26N2O6S.C19H24N2O5S/c1-28-12-10-15(17(23)21-16(18(24)25)9-5-6-11-20)22-19(26)27-13-14-7-3-2-4-8-14;1-28-12-10-15(17(23)20-16(18(24)25)9-5-6-11-22)21-19(26)27-13-14-7-3-2-4-8-14;1-27-12-10-15(17(22)21-11-6-5-9-16(21)18(23)24)20-19(25)26-13-14-7-3-2-4-8-14/h2-4,7-8,15-16H,5-6,9-13,20H2,1H3,(H,21,23)(H,22,26)(H,24,25);2-4,7-8,11,15-16H,5-6,9-10,12-13H2,1H3,(H,20,23)(H,21,26)(H,24,25);2-4,6-8,11,15-16H,5,9-10,12-13H2,1H3,(H,20,25)(H,23,24)/p+1/t3*15-,16-/m000/s1. The van der Waals surface area contributed by atoms with Crippen LogP contribution in [0.15, 0.2) is 103 Å². The van der Waals surface area contributed by atoms with Gasteiger partial charge in [0.2, 0.25) is 17.7 Å². The zero-order valence-corrected chi connectivity index (χ0v) is 49.4. The number of carbonyl (C=O) groups is 10. The summed E-state index contributed by atoms with van der Waals surface area (Å²) in [4.78, 5) is 120. The number of hydrogen-bond donors (Lipinski definition) is 9. The highest BCUT2D eigenvalue weighted by atomic mass is 32.2. The summed E-state index contributed by atoms with van der Waals surface area (Å²) in [6.07, 6.45) is 11.7. The molecular formula is C57H80N7O16S3+. The lowest BCUT2D eigenvalue weighted by Crippen LogP contribution is -2.52. The molecule has 4 rings (SSSR count). The fourth-order valence-electron chi connectivity index (χ4n) is 7.52. The number of carbonyl (C=O) groups excluding carboxylic acids is 7. The molecule has 0 bridgehead atoms. The van der Waals surface area contributed by atoms with Crippen LogP contribution in [0.1, 0.15) is 88.7 Å². The highest BCUT2D eigenvalue weighted by Crippen LogP contribution is 2.18. The Morgan fingerprint density at radius 2 is 0.952 bits per heavy atom. The van der Waals surface area contributed by atoms with Crippen molar-refractivity contribution >= 4 is 95.5 Å². The Hall–Kier alpha value is -7.29. The van der Waals surface area contributed by atoms with Crippen LogP contribution >= 0.6 is 35.3 Å². The summed E-state index contributed by atoms with van der Waals surface area (Å²) in [5, 5.41) is 40.5. The van der Waals surface area contributed by atoms with E-state index in [1.165, 1.54) is 34.6 Å². The number of thioether (sulfide) groups is 3. The van der Waals surface area contributed by atoms with E-state index in [1.54, 1.807) is 17.8 Å². The Kier molecular flexibility index (Phi) is 37.6. The normalized spacial score (nSPS) is 14.1. The second-order valence-corrected chi connectivity index (χ2v) is 21.3. The van der Waals surface area contributed by atoms with E-state index in [0.29, 0.717) is 81.5 Å². The van der Waals surface area contributed by atoms with E-state index in [1.807, 2.05) is 110 Å². The van der Waals surface area contributed by atoms with Crippen LogP contribution in [0.3, 0.4) is 0 Å². The zero-order valence-electron chi connectivity index (χ0n) is 48.0. The van der Waals surface area contributed by atoms with Gasteiger partial charge >= 0.3 is 37.6 Å². The highest BCUT2D eigenvalue weighted by molar-refractivity contribution is 7.98. The first kappa shape index (κ1) is 71.8. The number of nitrogens with one attached hydrogen (secondary N) is 5. The first-order chi connectivity index (χ1) is 40.0. The number of allylic oxidation sites excluding steroid dienone is 1. The monoisotopic (exact) mass is 1210 g/mol. The molecule has 0 saturated carbocycles. The molecular weight excluding hydrogens is 1130 g/mol. The van der Waals surface area contributed by atoms with Crippen LogP contribution in [0, 0.1) is 0 Å². The van der Waals surface area contributed by atoms with Crippen LogP contribution in [0.25, 0.3) is 0 Å². The molecule has 3 aromatic rings. The number of nitrogens with zero attached hydrogens (tertiary/aromatic N) is 1. The van der Waals surface area contributed by atoms with Crippen molar-refractivity contribution in [2.45, 2.75) is 127 Å². The van der Waals surface area contributed by atoms with Crippen molar-refractivity contribution in [2.75, 3.05) is 42.6 Å². The average molecular weight is 1220 g/mol. The minimum atomic E-state index is -1.19. The van der Waals surface area contributed by atoms with Crippen molar-refractivity contribution in [1.29, 1.82) is 0 Å². The number of alkyl carbamates (subject to hydrolysis) is 3. The molecule has 456 valence electrons. The number of aliphatic carboxylic acids is 3. The van der Waals surface area contributed by atoms with Gasteiger partial charge in [0.1, 0.15) is 62.4 Å². The lowest BCUT2D eigenvalue weighted by Gasteiger charge is -2.31. The maximum atomic E-state index is 12.9. The zero-order chi connectivity index (χ0) is 61.2. The van der Waals surface area contributed by atoms with Gasteiger partial charge in [-0.2, -0.15) is 35.3 Å². The lowest BCUT2D eigenvalue weighted by atomic mass is 10.0. The quantitative estimate of drug-likeness (QED) is 0.0176. The number of unbranched alkanes of at least 4 members (excludes halogenated alkanes) is 2. The number of ether oxygens (including phenoxy) is 3. The molecule has 0 aromatic heterocycles. The van der Waals surface area contributed by atoms with Crippen molar-refractivity contribution < 1.29 is 78.9 Å². The molecule has 3 aromatic carbocycles. The van der Waals surface area contributed by atoms with Crippen molar-refractivity contribution in [2.24, 2.45) is 5.73 Å². The molecule has 23 nitrogen and oxygen atoms in total. The number of benzene rings is 3. The van der Waals surface area contributed by atoms with Gasteiger partial charge in [-0.25, -0.2) is 28.8 Å². The maximum absolute atomic E-state index is 12.9. The van der Waals surface area contributed by atoms with E-state index in [2.05, 4.69) is 26.6 Å². The summed E-state index contributed by atoms with van der Waals surface area (Å²) < 4.78 is 15.5. The molecule has 0 spiro atoms. The largest absolute Gasteiger partial charge is 1.00 e. The predicted octanol–water partition coefficient (Wildman–Crippen LogP) is 6.44. The molecule has 1 aliphatic heterocycles. The molecule has 26 heteroatoms. The molecule has 83 heavy (non-hydrogen) atoms. The van der Waals surface area contributed by atoms with Crippen LogP contribution in [-0.2, 0) is 67.6 Å². The minimum absolute atomic E-state index is 0. The average Bonchev–Trinajstić information content (AvgIpc) is 3.68. The Morgan fingerprint density at radius 1 is 0.566 bits per heavy atom. The van der Waals surface area contributed by atoms with Crippen LogP contribution in [0.4, 0.5) is 14.4 Å². The second-order valence-electron chi connectivity index (χ2n) is 18.4. The number of amides is 6. The topological polar surface area (TPSA) is 348 Å². The molecule has 0 aliphatic carbocycles. The Labute approximate surface area is 498 Å². The highest BCUT2D eigenvalue weighted by Gasteiger charge is 2.35. The van der Waals surface area contributed by atoms with Gasteiger partial charge in [-0.1, -0.05) is 97.1 Å². The first-order valence-corrected chi connectivity index (χ1v) is 31.0. The third kappa shape index (κ3) is 31.1. The van der Waals surface area contributed by atoms with Crippen LogP contribution in [-0.4, -0.2) is 159 Å². The Bertz CT molecular complexity index is 2480. The van der Waals surface area contributed by atoms with Gasteiger partial charge in [0, 0.05) is 12.6 Å². The summed E-state index contributed by atoms with van der Waals surface area (Å²) in [6, 6.07) is 21.8. The molecule has 1 heterocycles. The number of carboxylic acids is 3. The van der Waals surface area contributed by atoms with Crippen LogP contribution < -0.4 is 32.3 Å². The van der Waals surface area contributed by atoms with Crippen LogP contribution in [0.5, 0.6) is 0 Å². The molecule has 10 N–H and O–H groups in total. The summed E-state index contributed by atoms with van der Waals surface area (Å²) in [6.45, 7) is 0.705. The van der Waals surface area contributed by atoms with E-state index in [9.17, 15) is 63.3 Å². The van der Waals surface area contributed by atoms with Gasteiger partial charge < -0.3 is 71.5 Å². The van der Waals surface area contributed by atoms with Gasteiger partial charge in [0.05, 0.1) is 0 Å². The van der Waals surface area contributed by atoms with Crippen molar-refractivity contribution in [3.05, 3.63) is 120 Å². The third-order valence-corrected chi connectivity index (χ3v) is 13.9. The lowest BCUT2D eigenvalue weighted by molar-refractivity contribution is -0.149. The molecule has 0 saturated heterocycles. The summed E-state index contributed by atoms with van der Waals surface area (Å²) in [5.74, 6) is -3.05. The smallest absolute Gasteiger partial charge is 0.480 e. The number of hydrogen-bond acceptors (Lipinski definition) is 17. The van der Waals surface area contributed by atoms with E-state index < -0.39 is 90.2 Å². The third-order valence-electron chi connectivity index (χ3n) is 12.0. The molecule has 1 aliphatic rings. The molecule has 6 amide bonds. The fraction of sp³-hybridized carbons (Fsp3) is 0.474. The van der Waals surface area contributed by atoms with E-state index in [0.717, 1.165) is 16.7 Å². The predicted molar refractivity (Wildman–Crippen MR) is 319 cm³/mol. The van der Waals surface area contributed by atoms with Crippen LogP contribution in [0.2, 0.25) is 0 Å². The number of rotatable bonds is 34. The van der Waals surface area contributed by atoms with Gasteiger partial charge in [-0.15, -0.1) is 0 Å². The number of nitrogens with two attached hydrogens (primary N) is 1. The van der Waals surface area contributed by atoms with E-state index >= 15 is 0 Å². The molecule has 6 atom stereocenters. The van der Waals surface area contributed by atoms with Gasteiger partial charge in [0.25, 0.3) is 0 Å².